The Labute approximate surface area is 136 Å². The van der Waals surface area contributed by atoms with Crippen molar-refractivity contribution >= 4 is 16.9 Å². The molecule has 0 amide bonds. The maximum atomic E-state index is 11.6. The molecule has 0 saturated carbocycles. The Hall–Kier alpha value is -1.85. The van der Waals surface area contributed by atoms with Gasteiger partial charge < -0.3 is 14.4 Å². The average Bonchev–Trinajstić information content (AvgIpc) is 2.85. The van der Waals surface area contributed by atoms with Crippen molar-refractivity contribution in [2.45, 2.75) is 26.3 Å². The lowest BCUT2D eigenvalue weighted by atomic mass is 9.96. The highest BCUT2D eigenvalue weighted by Crippen LogP contribution is 2.31. The minimum atomic E-state index is -0.867. The van der Waals surface area contributed by atoms with Gasteiger partial charge in [0.15, 0.2) is 0 Å². The number of carboxylic acid groups (broad SMARTS) is 1. The van der Waals surface area contributed by atoms with Crippen LogP contribution in [0.4, 0.5) is 0 Å². The van der Waals surface area contributed by atoms with Gasteiger partial charge in [-0.15, -0.1) is 0 Å². The van der Waals surface area contributed by atoms with Gasteiger partial charge in [0, 0.05) is 38.3 Å². The van der Waals surface area contributed by atoms with Crippen molar-refractivity contribution in [1.29, 1.82) is 0 Å². The Morgan fingerprint density at radius 2 is 2.00 bits per heavy atom. The third kappa shape index (κ3) is 3.12. The van der Waals surface area contributed by atoms with Gasteiger partial charge in [-0.1, -0.05) is 19.9 Å². The third-order valence-corrected chi connectivity index (χ3v) is 4.53. The minimum absolute atomic E-state index is 0.345. The van der Waals surface area contributed by atoms with Crippen molar-refractivity contribution < 1.29 is 14.6 Å². The molecule has 0 radical (unpaired) electrons. The maximum absolute atomic E-state index is 11.6. The first-order valence-electron chi connectivity index (χ1n) is 8.12. The summed E-state index contributed by atoms with van der Waals surface area (Å²) >= 11 is 0. The van der Waals surface area contributed by atoms with E-state index in [9.17, 15) is 9.90 Å². The first-order chi connectivity index (χ1) is 11.0. The minimum Gasteiger partial charge on any atom is -0.478 e. The van der Waals surface area contributed by atoms with Gasteiger partial charge in [-0.05, 0) is 23.1 Å². The fraction of sp³-hybridized carbons (Fsp3) is 0.500. The number of nitrogens with zero attached hydrogens (tertiary/aromatic N) is 2. The van der Waals surface area contributed by atoms with E-state index in [-0.39, 0.29) is 0 Å². The number of aromatic nitrogens is 1. The predicted octanol–water partition coefficient (Wildman–Crippen LogP) is 2.83. The van der Waals surface area contributed by atoms with Gasteiger partial charge in [-0.3, -0.25) is 4.90 Å². The van der Waals surface area contributed by atoms with Crippen LogP contribution in [0, 0.1) is 0 Å². The van der Waals surface area contributed by atoms with Crippen LogP contribution in [0.15, 0.2) is 18.3 Å². The van der Waals surface area contributed by atoms with Crippen molar-refractivity contribution in [3.8, 4) is 0 Å². The van der Waals surface area contributed by atoms with Gasteiger partial charge in [0.2, 0.25) is 0 Å². The second-order valence-electron chi connectivity index (χ2n) is 6.58. The summed E-state index contributed by atoms with van der Waals surface area (Å²) in [5.74, 6) is -0.522. The molecule has 5 nitrogen and oxygen atoms in total. The van der Waals surface area contributed by atoms with Crippen LogP contribution < -0.4 is 0 Å². The standard InChI is InChI=1S/C18H24N2O3/c1-12(2)14-8-13(10-20-4-6-23-7-5-20)9-15-16(18(21)22)11-19(3)17(14)15/h8-9,11-12H,4-7,10H2,1-3H3,(H,21,22). The van der Waals surface area contributed by atoms with Crippen LogP contribution in [-0.4, -0.2) is 46.8 Å². The largest absolute Gasteiger partial charge is 0.478 e. The van der Waals surface area contributed by atoms with E-state index in [1.165, 1.54) is 11.1 Å². The number of aryl methyl sites for hydroxylation is 1. The maximum Gasteiger partial charge on any atom is 0.337 e. The van der Waals surface area contributed by atoms with Crippen LogP contribution in [0.1, 0.15) is 41.3 Å². The smallest absolute Gasteiger partial charge is 0.337 e. The molecule has 1 aliphatic heterocycles. The van der Waals surface area contributed by atoms with Crippen LogP contribution >= 0.6 is 0 Å². The number of morpholine rings is 1. The molecule has 1 fully saturated rings. The lowest BCUT2D eigenvalue weighted by Crippen LogP contribution is -2.35. The molecule has 0 unspecified atom stereocenters. The Bertz CT molecular complexity index is 727. The molecule has 1 saturated heterocycles. The summed E-state index contributed by atoms with van der Waals surface area (Å²) in [6.07, 6.45) is 1.72. The van der Waals surface area contributed by atoms with Gasteiger partial charge >= 0.3 is 5.97 Å². The summed E-state index contributed by atoms with van der Waals surface area (Å²) in [6, 6.07) is 4.27. The Morgan fingerprint density at radius 1 is 1.30 bits per heavy atom. The second-order valence-corrected chi connectivity index (χ2v) is 6.58. The van der Waals surface area contributed by atoms with Gasteiger partial charge in [0.25, 0.3) is 0 Å². The number of carbonyl (C=O) groups is 1. The van der Waals surface area contributed by atoms with E-state index in [4.69, 9.17) is 4.74 Å². The number of rotatable bonds is 4. The average molecular weight is 316 g/mol. The van der Waals surface area contributed by atoms with Crippen molar-refractivity contribution in [2.24, 2.45) is 7.05 Å². The first kappa shape index (κ1) is 16.0. The van der Waals surface area contributed by atoms with Gasteiger partial charge in [0.1, 0.15) is 0 Å². The number of hydrogen-bond donors (Lipinski definition) is 1. The fourth-order valence-electron chi connectivity index (χ4n) is 3.36. The van der Waals surface area contributed by atoms with E-state index >= 15 is 0 Å². The molecule has 2 heterocycles. The quantitative estimate of drug-likeness (QED) is 0.942. The van der Waals surface area contributed by atoms with Gasteiger partial charge in [-0.2, -0.15) is 0 Å². The van der Waals surface area contributed by atoms with E-state index in [0.29, 0.717) is 11.5 Å². The number of benzene rings is 1. The number of aromatic carboxylic acids is 1. The Kier molecular flexibility index (Phi) is 4.41. The molecule has 0 atom stereocenters. The number of fused-ring (bicyclic) bond motifs is 1. The summed E-state index contributed by atoms with van der Waals surface area (Å²) < 4.78 is 7.34. The molecule has 1 aromatic heterocycles. The first-order valence-corrected chi connectivity index (χ1v) is 8.12. The molecule has 0 spiro atoms. The number of carboxylic acids is 1. The molecule has 23 heavy (non-hydrogen) atoms. The lowest BCUT2D eigenvalue weighted by Gasteiger charge is -2.27. The van der Waals surface area contributed by atoms with E-state index in [0.717, 1.165) is 43.8 Å². The highest BCUT2D eigenvalue weighted by Gasteiger charge is 2.19. The zero-order valence-corrected chi connectivity index (χ0v) is 14.0. The van der Waals surface area contributed by atoms with Crippen LogP contribution in [0.25, 0.3) is 10.9 Å². The zero-order chi connectivity index (χ0) is 16.6. The molecule has 0 bridgehead atoms. The zero-order valence-electron chi connectivity index (χ0n) is 14.0. The topological polar surface area (TPSA) is 54.7 Å². The van der Waals surface area contributed by atoms with Crippen molar-refractivity contribution in [1.82, 2.24) is 9.47 Å². The molecule has 5 heteroatoms. The van der Waals surface area contributed by atoms with E-state index < -0.39 is 5.97 Å². The number of hydrogen-bond acceptors (Lipinski definition) is 3. The molecular formula is C18H24N2O3. The van der Waals surface area contributed by atoms with E-state index in [2.05, 4.69) is 24.8 Å². The van der Waals surface area contributed by atoms with Crippen molar-refractivity contribution in [3.05, 3.63) is 35.0 Å². The highest BCUT2D eigenvalue weighted by atomic mass is 16.5. The molecule has 2 aromatic rings. The Balaban J connectivity index is 2.08. The summed E-state index contributed by atoms with van der Waals surface area (Å²) in [6.45, 7) is 8.54. The van der Waals surface area contributed by atoms with Crippen LogP contribution in [0.5, 0.6) is 0 Å². The summed E-state index contributed by atoms with van der Waals surface area (Å²) in [5.41, 5.74) is 3.80. The summed E-state index contributed by atoms with van der Waals surface area (Å²) in [4.78, 5) is 13.9. The molecule has 1 aromatic carbocycles. The monoisotopic (exact) mass is 316 g/mol. The normalized spacial score (nSPS) is 16.3. The SMILES string of the molecule is CC(C)c1cc(CN2CCOCC2)cc2c(C(=O)O)cn(C)c12. The molecule has 0 aliphatic carbocycles. The molecule has 1 N–H and O–H groups in total. The second kappa shape index (κ2) is 6.34. The van der Waals surface area contributed by atoms with Crippen LogP contribution in [0.3, 0.4) is 0 Å². The number of ether oxygens (including phenoxy) is 1. The van der Waals surface area contributed by atoms with Crippen LogP contribution in [-0.2, 0) is 18.3 Å². The van der Waals surface area contributed by atoms with Gasteiger partial charge in [0.05, 0.1) is 24.3 Å². The highest BCUT2D eigenvalue weighted by molar-refractivity contribution is 6.04. The van der Waals surface area contributed by atoms with Crippen molar-refractivity contribution in [3.63, 3.8) is 0 Å². The van der Waals surface area contributed by atoms with E-state index in [1.54, 1.807) is 6.20 Å². The molecule has 1 aliphatic rings. The summed E-state index contributed by atoms with van der Waals surface area (Å²) in [5, 5.41) is 10.3. The van der Waals surface area contributed by atoms with Gasteiger partial charge in [-0.25, -0.2) is 4.79 Å². The molecule has 124 valence electrons. The van der Waals surface area contributed by atoms with Crippen LogP contribution in [0.2, 0.25) is 0 Å². The van der Waals surface area contributed by atoms with E-state index in [1.807, 2.05) is 17.7 Å². The summed E-state index contributed by atoms with van der Waals surface area (Å²) in [7, 11) is 1.92. The van der Waals surface area contributed by atoms with Crippen molar-refractivity contribution in [2.75, 3.05) is 26.3 Å². The molecular weight excluding hydrogens is 292 g/mol. The fourth-order valence-corrected chi connectivity index (χ4v) is 3.36. The Morgan fingerprint density at radius 3 is 2.61 bits per heavy atom. The predicted molar refractivity (Wildman–Crippen MR) is 90.1 cm³/mol. The third-order valence-electron chi connectivity index (χ3n) is 4.53. The molecule has 3 rings (SSSR count). The lowest BCUT2D eigenvalue weighted by molar-refractivity contribution is 0.0342.